The molecule has 4 nitrogen and oxygen atoms in total. The van der Waals surface area contributed by atoms with E-state index in [0.717, 1.165) is 26.5 Å². The van der Waals surface area contributed by atoms with Crippen LogP contribution in [0.5, 0.6) is 0 Å². The van der Waals surface area contributed by atoms with E-state index < -0.39 is 0 Å². The van der Waals surface area contributed by atoms with Gasteiger partial charge in [-0.3, -0.25) is 9.36 Å². The molecule has 138 valence electrons. The van der Waals surface area contributed by atoms with Crippen LogP contribution < -0.4 is 5.56 Å². The average Bonchev–Trinajstić information content (AvgIpc) is 3.01. The number of hydrogen-bond donors (Lipinski definition) is 0. The van der Waals surface area contributed by atoms with Gasteiger partial charge < -0.3 is 0 Å². The molecule has 0 aliphatic heterocycles. The molecule has 4 rings (SSSR count). The van der Waals surface area contributed by atoms with Crippen molar-refractivity contribution in [2.75, 3.05) is 0 Å². The first kappa shape index (κ1) is 18.5. The standard InChI is InChI=1S/C22H17N3OS2/c1-14-15(2)28-20-19(14)21(26)25(18-10-4-3-5-11-18)22(24-20)27-13-17-9-7-6-8-16(17)12-23/h3-11H,13H2,1-2H3. The number of thiophene rings is 1. The SMILES string of the molecule is Cc1sc2nc(SCc3ccccc3C#N)n(-c3ccccc3)c(=O)c2c1C. The van der Waals surface area contributed by atoms with E-state index in [0.29, 0.717) is 21.9 Å². The third-order valence-electron chi connectivity index (χ3n) is 4.68. The molecule has 0 aliphatic carbocycles. The van der Waals surface area contributed by atoms with Gasteiger partial charge in [-0.05, 0) is 43.2 Å². The van der Waals surface area contributed by atoms with Gasteiger partial charge in [0.2, 0.25) is 0 Å². The molecule has 0 amide bonds. The largest absolute Gasteiger partial charge is 0.268 e. The van der Waals surface area contributed by atoms with Gasteiger partial charge in [0.05, 0.1) is 22.7 Å². The highest BCUT2D eigenvalue weighted by Crippen LogP contribution is 2.31. The Hall–Kier alpha value is -2.88. The number of nitriles is 1. The first-order chi connectivity index (χ1) is 13.6. The Morgan fingerprint density at radius 3 is 2.57 bits per heavy atom. The Bertz CT molecular complexity index is 1270. The van der Waals surface area contributed by atoms with Crippen LogP contribution in [-0.4, -0.2) is 9.55 Å². The first-order valence-electron chi connectivity index (χ1n) is 8.79. The summed E-state index contributed by atoms with van der Waals surface area (Å²) in [5.41, 5.74) is 3.32. The molecule has 0 N–H and O–H groups in total. The van der Waals surface area contributed by atoms with Crippen molar-refractivity contribution in [2.24, 2.45) is 0 Å². The van der Waals surface area contributed by atoms with Crippen LogP contribution >= 0.6 is 23.1 Å². The Morgan fingerprint density at radius 2 is 1.82 bits per heavy atom. The van der Waals surface area contributed by atoms with Gasteiger partial charge in [-0.15, -0.1) is 11.3 Å². The minimum absolute atomic E-state index is 0.0471. The molecule has 0 bridgehead atoms. The predicted molar refractivity (Wildman–Crippen MR) is 115 cm³/mol. The summed E-state index contributed by atoms with van der Waals surface area (Å²) in [6.07, 6.45) is 0. The molecule has 4 aromatic rings. The molecule has 28 heavy (non-hydrogen) atoms. The summed E-state index contributed by atoms with van der Waals surface area (Å²) in [7, 11) is 0. The van der Waals surface area contributed by atoms with E-state index in [1.165, 1.54) is 11.8 Å². The minimum Gasteiger partial charge on any atom is -0.268 e. The molecule has 0 saturated carbocycles. The Morgan fingerprint density at radius 1 is 1.11 bits per heavy atom. The molecule has 2 aromatic heterocycles. The van der Waals surface area contributed by atoms with Crippen molar-refractivity contribution in [1.29, 1.82) is 5.26 Å². The maximum atomic E-state index is 13.4. The highest BCUT2D eigenvalue weighted by atomic mass is 32.2. The Labute approximate surface area is 171 Å². The summed E-state index contributed by atoms with van der Waals surface area (Å²) >= 11 is 3.03. The fourth-order valence-electron chi connectivity index (χ4n) is 3.07. The van der Waals surface area contributed by atoms with Crippen molar-refractivity contribution in [3.8, 4) is 11.8 Å². The molecule has 0 unspecified atom stereocenters. The van der Waals surface area contributed by atoms with Gasteiger partial charge in [0, 0.05) is 10.6 Å². The van der Waals surface area contributed by atoms with E-state index in [1.807, 2.05) is 68.4 Å². The second-order valence-corrected chi connectivity index (χ2v) is 8.54. The van der Waals surface area contributed by atoms with E-state index in [9.17, 15) is 10.1 Å². The topological polar surface area (TPSA) is 58.7 Å². The molecule has 0 atom stereocenters. The van der Waals surface area contributed by atoms with E-state index in [2.05, 4.69) is 6.07 Å². The van der Waals surface area contributed by atoms with Gasteiger partial charge in [0.15, 0.2) is 5.16 Å². The van der Waals surface area contributed by atoms with E-state index in [-0.39, 0.29) is 5.56 Å². The zero-order chi connectivity index (χ0) is 19.7. The third kappa shape index (κ3) is 3.24. The number of aryl methyl sites for hydroxylation is 2. The second-order valence-electron chi connectivity index (χ2n) is 6.39. The van der Waals surface area contributed by atoms with Gasteiger partial charge in [-0.1, -0.05) is 48.2 Å². The fourth-order valence-corrected chi connectivity index (χ4v) is 5.16. The lowest BCUT2D eigenvalue weighted by Gasteiger charge is -2.12. The first-order valence-corrected chi connectivity index (χ1v) is 10.6. The van der Waals surface area contributed by atoms with Crippen LogP contribution in [0.4, 0.5) is 0 Å². The maximum Gasteiger partial charge on any atom is 0.267 e. The Kier molecular flexibility index (Phi) is 5.03. The average molecular weight is 404 g/mol. The van der Waals surface area contributed by atoms with Crippen molar-refractivity contribution in [3.63, 3.8) is 0 Å². The van der Waals surface area contributed by atoms with Crippen LogP contribution in [0.2, 0.25) is 0 Å². The number of fused-ring (bicyclic) bond motifs is 1. The zero-order valence-electron chi connectivity index (χ0n) is 15.5. The molecule has 0 fully saturated rings. The normalized spacial score (nSPS) is 10.9. The van der Waals surface area contributed by atoms with E-state index >= 15 is 0 Å². The van der Waals surface area contributed by atoms with Crippen LogP contribution in [0.1, 0.15) is 21.6 Å². The quantitative estimate of drug-likeness (QED) is 0.346. The molecular weight excluding hydrogens is 386 g/mol. The zero-order valence-corrected chi connectivity index (χ0v) is 17.1. The minimum atomic E-state index is -0.0471. The maximum absolute atomic E-state index is 13.4. The third-order valence-corrected chi connectivity index (χ3v) is 6.77. The number of benzene rings is 2. The number of aromatic nitrogens is 2. The fraction of sp³-hybridized carbons (Fsp3) is 0.136. The molecule has 0 saturated heterocycles. The number of nitrogens with zero attached hydrogens (tertiary/aromatic N) is 3. The van der Waals surface area contributed by atoms with Crippen LogP contribution in [0, 0.1) is 25.2 Å². The number of rotatable bonds is 4. The highest BCUT2D eigenvalue weighted by molar-refractivity contribution is 7.98. The lowest BCUT2D eigenvalue weighted by atomic mass is 10.1. The van der Waals surface area contributed by atoms with Crippen LogP contribution in [0.15, 0.2) is 64.5 Å². The Balaban J connectivity index is 1.87. The lowest BCUT2D eigenvalue weighted by Crippen LogP contribution is -2.21. The second kappa shape index (κ2) is 7.63. The van der Waals surface area contributed by atoms with Gasteiger partial charge in [-0.2, -0.15) is 5.26 Å². The van der Waals surface area contributed by atoms with Gasteiger partial charge in [0.25, 0.3) is 5.56 Å². The predicted octanol–water partition coefficient (Wildman–Crippen LogP) is 5.23. The lowest BCUT2D eigenvalue weighted by molar-refractivity contribution is 0.822. The summed E-state index contributed by atoms with van der Waals surface area (Å²) < 4.78 is 1.68. The van der Waals surface area contributed by atoms with Crippen LogP contribution in [0.25, 0.3) is 15.9 Å². The smallest absolute Gasteiger partial charge is 0.267 e. The number of para-hydroxylation sites is 1. The van der Waals surface area contributed by atoms with Gasteiger partial charge in [0.1, 0.15) is 4.83 Å². The summed E-state index contributed by atoms with van der Waals surface area (Å²) in [4.78, 5) is 20.1. The van der Waals surface area contributed by atoms with Crippen molar-refractivity contribution < 1.29 is 0 Å². The van der Waals surface area contributed by atoms with Gasteiger partial charge in [-0.25, -0.2) is 4.98 Å². The molecular formula is C22H17N3OS2. The van der Waals surface area contributed by atoms with Crippen molar-refractivity contribution in [3.05, 3.63) is 86.5 Å². The van der Waals surface area contributed by atoms with Gasteiger partial charge >= 0.3 is 0 Å². The summed E-state index contributed by atoms with van der Waals surface area (Å²) in [6, 6.07) is 19.3. The van der Waals surface area contributed by atoms with Crippen molar-refractivity contribution in [2.45, 2.75) is 24.8 Å². The van der Waals surface area contributed by atoms with Crippen molar-refractivity contribution in [1.82, 2.24) is 9.55 Å². The molecule has 0 aliphatic rings. The molecule has 0 radical (unpaired) electrons. The molecule has 2 aromatic carbocycles. The monoisotopic (exact) mass is 403 g/mol. The summed E-state index contributed by atoms with van der Waals surface area (Å²) in [5.74, 6) is 0.567. The molecule has 0 spiro atoms. The summed E-state index contributed by atoms with van der Waals surface area (Å²) in [6.45, 7) is 3.99. The number of thioether (sulfide) groups is 1. The van der Waals surface area contributed by atoms with Crippen LogP contribution in [0.3, 0.4) is 0 Å². The van der Waals surface area contributed by atoms with Crippen molar-refractivity contribution >= 4 is 33.3 Å². The van der Waals surface area contributed by atoms with E-state index in [4.69, 9.17) is 4.98 Å². The molecule has 2 heterocycles. The van der Waals surface area contributed by atoms with Crippen LogP contribution in [-0.2, 0) is 5.75 Å². The molecule has 6 heteroatoms. The number of hydrogen-bond acceptors (Lipinski definition) is 5. The summed E-state index contributed by atoms with van der Waals surface area (Å²) in [5, 5.41) is 10.7. The highest BCUT2D eigenvalue weighted by Gasteiger charge is 2.18. The van der Waals surface area contributed by atoms with E-state index in [1.54, 1.807) is 15.9 Å².